The SMILES string of the molecule is CC(C)C[C@H](CNC(=O)OC/C=C/c1ccccc1)CC(=O)OC/C=C/c1ccccc1. The van der Waals surface area contributed by atoms with Crippen LogP contribution in [0.4, 0.5) is 4.79 Å². The maximum atomic E-state index is 12.2. The average Bonchev–Trinajstić information content (AvgIpc) is 2.79. The van der Waals surface area contributed by atoms with Crippen molar-refractivity contribution in [3.05, 3.63) is 83.9 Å². The molecule has 0 aromatic heterocycles. The second-order valence-electron chi connectivity index (χ2n) is 7.99. The zero-order chi connectivity index (χ0) is 23.0. The molecule has 1 atom stereocenters. The molecule has 0 spiro atoms. The third kappa shape index (κ3) is 11.2. The summed E-state index contributed by atoms with van der Waals surface area (Å²) < 4.78 is 10.5. The van der Waals surface area contributed by atoms with E-state index in [-0.39, 0.29) is 31.5 Å². The number of rotatable bonds is 12. The molecule has 1 amide bonds. The monoisotopic (exact) mass is 435 g/mol. The first-order chi connectivity index (χ1) is 15.5. The Bertz CT molecular complexity index is 860. The molecule has 2 aromatic rings. The number of carbonyl (C=O) groups excluding carboxylic acids is 2. The van der Waals surface area contributed by atoms with Gasteiger partial charge in [0, 0.05) is 6.54 Å². The van der Waals surface area contributed by atoms with Gasteiger partial charge in [-0.1, -0.05) is 86.7 Å². The molecule has 0 saturated carbocycles. The van der Waals surface area contributed by atoms with Crippen molar-refractivity contribution in [2.24, 2.45) is 11.8 Å². The summed E-state index contributed by atoms with van der Waals surface area (Å²) in [5, 5.41) is 2.76. The first-order valence-electron chi connectivity index (χ1n) is 11.0. The molecule has 1 N–H and O–H groups in total. The van der Waals surface area contributed by atoms with Gasteiger partial charge in [0.25, 0.3) is 0 Å². The Hall–Kier alpha value is -3.34. The van der Waals surface area contributed by atoms with Gasteiger partial charge in [0.1, 0.15) is 13.2 Å². The first-order valence-corrected chi connectivity index (χ1v) is 11.0. The Morgan fingerprint density at radius 2 is 1.38 bits per heavy atom. The van der Waals surface area contributed by atoms with E-state index in [9.17, 15) is 9.59 Å². The van der Waals surface area contributed by atoms with Gasteiger partial charge in [-0.25, -0.2) is 4.79 Å². The van der Waals surface area contributed by atoms with E-state index in [2.05, 4.69) is 19.2 Å². The van der Waals surface area contributed by atoms with Crippen LogP contribution in [0.2, 0.25) is 0 Å². The van der Waals surface area contributed by atoms with E-state index in [4.69, 9.17) is 9.47 Å². The Morgan fingerprint density at radius 1 is 0.844 bits per heavy atom. The number of nitrogens with one attached hydrogen (secondary N) is 1. The van der Waals surface area contributed by atoms with E-state index in [0.717, 1.165) is 17.5 Å². The molecule has 0 bridgehead atoms. The summed E-state index contributed by atoms with van der Waals surface area (Å²) >= 11 is 0. The van der Waals surface area contributed by atoms with Gasteiger partial charge >= 0.3 is 12.1 Å². The Labute approximate surface area is 191 Å². The predicted molar refractivity (Wildman–Crippen MR) is 129 cm³/mol. The van der Waals surface area contributed by atoms with Crippen LogP contribution in [0.15, 0.2) is 72.8 Å². The average molecular weight is 436 g/mol. The van der Waals surface area contributed by atoms with Gasteiger partial charge in [-0.2, -0.15) is 0 Å². The van der Waals surface area contributed by atoms with Gasteiger partial charge in [0.2, 0.25) is 0 Å². The fourth-order valence-electron chi connectivity index (χ4n) is 3.24. The number of hydrogen-bond acceptors (Lipinski definition) is 4. The molecule has 0 fully saturated rings. The summed E-state index contributed by atoms with van der Waals surface area (Å²) in [6.07, 6.45) is 8.01. The summed E-state index contributed by atoms with van der Waals surface area (Å²) in [6.45, 7) is 4.96. The Balaban J connectivity index is 1.69. The summed E-state index contributed by atoms with van der Waals surface area (Å²) in [7, 11) is 0. The van der Waals surface area contributed by atoms with Gasteiger partial charge in [0.15, 0.2) is 0 Å². The van der Waals surface area contributed by atoms with Crippen molar-refractivity contribution in [2.45, 2.75) is 26.7 Å². The number of hydrogen-bond donors (Lipinski definition) is 1. The predicted octanol–water partition coefficient (Wildman–Crippen LogP) is 5.74. The molecule has 0 unspecified atom stereocenters. The second-order valence-corrected chi connectivity index (χ2v) is 7.99. The van der Waals surface area contributed by atoms with Crippen LogP contribution in [-0.4, -0.2) is 31.8 Å². The molecule has 0 saturated heterocycles. The molecule has 2 rings (SSSR count). The van der Waals surface area contributed by atoms with Crippen LogP contribution in [-0.2, 0) is 14.3 Å². The molecule has 0 radical (unpaired) electrons. The molecule has 5 heteroatoms. The van der Waals surface area contributed by atoms with Gasteiger partial charge in [-0.3, -0.25) is 4.79 Å². The lowest BCUT2D eigenvalue weighted by Crippen LogP contribution is -2.31. The molecule has 0 aliphatic rings. The molecule has 0 aliphatic carbocycles. The van der Waals surface area contributed by atoms with Crippen LogP contribution in [0.3, 0.4) is 0 Å². The molecular weight excluding hydrogens is 402 g/mol. The lowest BCUT2D eigenvalue weighted by Gasteiger charge is -2.18. The number of benzene rings is 2. The highest BCUT2D eigenvalue weighted by Crippen LogP contribution is 2.16. The molecule has 2 aromatic carbocycles. The largest absolute Gasteiger partial charge is 0.461 e. The maximum Gasteiger partial charge on any atom is 0.407 e. The van der Waals surface area contributed by atoms with Crippen LogP contribution in [0.5, 0.6) is 0 Å². The zero-order valence-corrected chi connectivity index (χ0v) is 18.9. The quantitative estimate of drug-likeness (QED) is 0.432. The number of esters is 1. The minimum absolute atomic E-state index is 0.00647. The number of ether oxygens (including phenoxy) is 2. The maximum absolute atomic E-state index is 12.2. The second kappa shape index (κ2) is 14.6. The molecule has 5 nitrogen and oxygen atoms in total. The number of carbonyl (C=O) groups is 2. The molecule has 170 valence electrons. The van der Waals surface area contributed by atoms with E-state index < -0.39 is 6.09 Å². The first kappa shape index (κ1) is 24.9. The molecule has 0 heterocycles. The van der Waals surface area contributed by atoms with Gasteiger partial charge in [0.05, 0.1) is 6.42 Å². The van der Waals surface area contributed by atoms with Crippen LogP contribution in [0.25, 0.3) is 12.2 Å². The van der Waals surface area contributed by atoms with Crippen molar-refractivity contribution >= 4 is 24.2 Å². The van der Waals surface area contributed by atoms with Gasteiger partial charge in [-0.15, -0.1) is 0 Å². The minimum Gasteiger partial charge on any atom is -0.461 e. The van der Waals surface area contributed by atoms with Crippen LogP contribution in [0, 0.1) is 11.8 Å². The highest BCUT2D eigenvalue weighted by atomic mass is 16.5. The highest BCUT2D eigenvalue weighted by molar-refractivity contribution is 5.70. The van der Waals surface area contributed by atoms with Crippen molar-refractivity contribution < 1.29 is 19.1 Å². The smallest absolute Gasteiger partial charge is 0.407 e. The summed E-state index contributed by atoms with van der Waals surface area (Å²) in [5.74, 6) is 0.125. The standard InChI is InChI=1S/C27H33NO4/c1-22(2)19-25(20-26(29)31-17-9-15-23-11-5-3-6-12-23)21-28-27(30)32-18-10-16-24-13-7-4-8-14-24/h3-16,22,25H,17-21H2,1-2H3,(H,28,30)/b15-9+,16-10+/t25-/m0/s1. The minimum atomic E-state index is -0.490. The normalized spacial score (nSPS) is 12.2. The number of alkyl carbamates (subject to hydrolysis) is 1. The van der Waals surface area contributed by atoms with Crippen molar-refractivity contribution in [3.63, 3.8) is 0 Å². The summed E-state index contributed by atoms with van der Waals surface area (Å²) in [5.41, 5.74) is 2.10. The van der Waals surface area contributed by atoms with E-state index >= 15 is 0 Å². The third-order valence-electron chi connectivity index (χ3n) is 4.67. The fourth-order valence-corrected chi connectivity index (χ4v) is 3.24. The van der Waals surface area contributed by atoms with Crippen molar-refractivity contribution in [1.82, 2.24) is 5.32 Å². The van der Waals surface area contributed by atoms with Crippen molar-refractivity contribution in [3.8, 4) is 0 Å². The molecular formula is C27H33NO4. The third-order valence-corrected chi connectivity index (χ3v) is 4.67. The zero-order valence-electron chi connectivity index (χ0n) is 18.9. The molecule has 0 aliphatic heterocycles. The fraction of sp³-hybridized carbons (Fsp3) is 0.333. The Kier molecular flexibility index (Phi) is 11.4. The van der Waals surface area contributed by atoms with Crippen LogP contribution < -0.4 is 5.32 Å². The Morgan fingerprint density at radius 3 is 1.91 bits per heavy atom. The lowest BCUT2D eigenvalue weighted by atomic mass is 9.94. The van der Waals surface area contributed by atoms with Gasteiger partial charge in [-0.05, 0) is 41.5 Å². The van der Waals surface area contributed by atoms with Crippen molar-refractivity contribution in [2.75, 3.05) is 19.8 Å². The summed E-state index contributed by atoms with van der Waals surface area (Å²) in [6, 6.07) is 19.6. The number of amides is 1. The van der Waals surface area contributed by atoms with Gasteiger partial charge < -0.3 is 14.8 Å². The van der Waals surface area contributed by atoms with E-state index in [1.54, 1.807) is 6.08 Å². The highest BCUT2D eigenvalue weighted by Gasteiger charge is 2.17. The topological polar surface area (TPSA) is 64.6 Å². The van der Waals surface area contributed by atoms with E-state index in [1.807, 2.05) is 78.9 Å². The van der Waals surface area contributed by atoms with Crippen LogP contribution >= 0.6 is 0 Å². The summed E-state index contributed by atoms with van der Waals surface area (Å²) in [4.78, 5) is 24.2. The molecule has 32 heavy (non-hydrogen) atoms. The van der Waals surface area contributed by atoms with E-state index in [1.165, 1.54) is 0 Å². The lowest BCUT2D eigenvalue weighted by molar-refractivity contribution is -0.143. The van der Waals surface area contributed by atoms with Crippen molar-refractivity contribution in [1.29, 1.82) is 0 Å². The van der Waals surface area contributed by atoms with Crippen LogP contribution in [0.1, 0.15) is 37.8 Å². The van der Waals surface area contributed by atoms with E-state index in [0.29, 0.717) is 12.5 Å².